The smallest absolute Gasteiger partial charge is 0.306 e. The molecule has 1 amide bonds. The van der Waals surface area contributed by atoms with Crippen LogP contribution in [0.5, 0.6) is 0 Å². The van der Waals surface area contributed by atoms with E-state index < -0.39 is 47.1 Å². The lowest BCUT2D eigenvalue weighted by Gasteiger charge is -2.44. The fraction of sp³-hybridized carbons (Fsp3) is 0.946. The molecule has 0 saturated carbocycles. The minimum absolute atomic E-state index is 0.0333. The van der Waals surface area contributed by atoms with Gasteiger partial charge in [-0.25, -0.2) is 0 Å². The fourth-order valence-electron chi connectivity index (χ4n) is 7.64. The molecule has 0 unspecified atom stereocenters. The number of hydrogen-bond acceptors (Lipinski definition) is 8. The van der Waals surface area contributed by atoms with Gasteiger partial charge >= 0.3 is 5.97 Å². The molecule has 3 saturated heterocycles. The van der Waals surface area contributed by atoms with Crippen molar-refractivity contribution in [2.45, 2.75) is 197 Å². The third-order valence-electron chi connectivity index (χ3n) is 10.1. The Morgan fingerprint density at radius 3 is 2.06 bits per heavy atom. The van der Waals surface area contributed by atoms with Gasteiger partial charge in [0.25, 0.3) is 0 Å². The third-order valence-corrected chi connectivity index (χ3v) is 11.3. The number of alkyl halides is 1. The zero-order chi connectivity index (χ0) is 34.4. The van der Waals surface area contributed by atoms with E-state index in [4.69, 9.17) is 30.5 Å². The van der Waals surface area contributed by atoms with Crippen molar-refractivity contribution in [3.8, 4) is 0 Å². The molecule has 0 bridgehead atoms. The fourth-order valence-corrected chi connectivity index (χ4v) is 8.56. The second kappa shape index (κ2) is 20.9. The summed E-state index contributed by atoms with van der Waals surface area (Å²) in [5.41, 5.74) is -0.479. The molecule has 0 spiro atoms. The van der Waals surface area contributed by atoms with Crippen molar-refractivity contribution in [3.63, 3.8) is 0 Å². The third kappa shape index (κ3) is 12.9. The van der Waals surface area contributed by atoms with E-state index in [0.29, 0.717) is 12.3 Å². The predicted molar refractivity (Wildman–Crippen MR) is 193 cm³/mol. The number of carbonyl (C=O) groups excluding carboxylic acids is 2. The highest BCUT2D eigenvalue weighted by atomic mass is 35.5. The van der Waals surface area contributed by atoms with Crippen LogP contribution in [-0.4, -0.2) is 89.7 Å². The topological polar surface area (TPSA) is 86.3 Å². The van der Waals surface area contributed by atoms with Crippen LogP contribution < -0.4 is 5.32 Å². The van der Waals surface area contributed by atoms with Crippen molar-refractivity contribution < 1.29 is 28.5 Å². The maximum Gasteiger partial charge on any atom is 0.306 e. The highest BCUT2D eigenvalue weighted by Gasteiger charge is 2.59. The SMILES string of the molecule is CCCCCCCCCCCCCCCC(=O)O[C@@H]1[C@H]2OC(C)(C)O[C@H]2[C@@H]([C@H](NC(=O)[C@H]2C[C@@H](CCC)CN2C)[C@H](C)Cl)O[C@@H]1SC. The van der Waals surface area contributed by atoms with Gasteiger partial charge in [-0.05, 0) is 59.3 Å². The molecule has 3 aliphatic heterocycles. The van der Waals surface area contributed by atoms with Crippen LogP contribution in [0.2, 0.25) is 0 Å². The summed E-state index contributed by atoms with van der Waals surface area (Å²) >= 11 is 8.24. The van der Waals surface area contributed by atoms with E-state index >= 15 is 0 Å². The van der Waals surface area contributed by atoms with E-state index in [9.17, 15) is 9.59 Å². The minimum Gasteiger partial charge on any atom is -0.456 e. The molecule has 8 nitrogen and oxygen atoms in total. The Morgan fingerprint density at radius 2 is 1.51 bits per heavy atom. The first kappa shape index (κ1) is 40.8. The molecular weight excluding hydrogens is 636 g/mol. The first-order chi connectivity index (χ1) is 22.5. The molecule has 0 aliphatic carbocycles. The molecule has 0 aromatic carbocycles. The number of hydrogen-bond donors (Lipinski definition) is 1. The van der Waals surface area contributed by atoms with E-state index in [-0.39, 0.29) is 17.9 Å². The summed E-state index contributed by atoms with van der Waals surface area (Å²) in [5.74, 6) is -0.638. The Bertz CT molecular complexity index is 925. The van der Waals surface area contributed by atoms with E-state index in [1.165, 1.54) is 76.0 Å². The van der Waals surface area contributed by atoms with Crippen LogP contribution in [0.1, 0.15) is 144 Å². The highest BCUT2D eigenvalue weighted by Crippen LogP contribution is 2.42. The quantitative estimate of drug-likeness (QED) is 0.0686. The van der Waals surface area contributed by atoms with Gasteiger partial charge in [0.2, 0.25) is 5.91 Å². The van der Waals surface area contributed by atoms with Gasteiger partial charge in [0.15, 0.2) is 11.9 Å². The van der Waals surface area contributed by atoms with Crippen molar-refractivity contribution in [1.82, 2.24) is 10.2 Å². The van der Waals surface area contributed by atoms with E-state index in [0.717, 1.165) is 45.1 Å². The highest BCUT2D eigenvalue weighted by molar-refractivity contribution is 7.99. The average Bonchev–Trinajstić information content (AvgIpc) is 3.56. The number of likely N-dealkylation sites (tertiary alicyclic amines) is 1. The van der Waals surface area contributed by atoms with E-state index in [2.05, 4.69) is 24.1 Å². The molecule has 47 heavy (non-hydrogen) atoms. The normalized spacial score (nSPS) is 30.2. The summed E-state index contributed by atoms with van der Waals surface area (Å²) in [6, 6.07) is -0.707. The van der Waals surface area contributed by atoms with Crippen molar-refractivity contribution in [2.24, 2.45) is 5.92 Å². The second-order valence-electron chi connectivity index (χ2n) is 14.8. The minimum atomic E-state index is -0.896. The van der Waals surface area contributed by atoms with Crippen LogP contribution in [-0.2, 0) is 28.5 Å². The number of halogens is 1. The number of unbranched alkanes of at least 4 members (excludes halogenated alkanes) is 12. The van der Waals surface area contributed by atoms with E-state index in [1.807, 2.05) is 34.1 Å². The summed E-state index contributed by atoms with van der Waals surface area (Å²) in [4.78, 5) is 28.8. The van der Waals surface area contributed by atoms with Crippen LogP contribution in [0.25, 0.3) is 0 Å². The van der Waals surface area contributed by atoms with Gasteiger partial charge in [-0.3, -0.25) is 14.5 Å². The summed E-state index contributed by atoms with van der Waals surface area (Å²) in [6.45, 7) is 11.0. The first-order valence-corrected chi connectivity index (χ1v) is 20.6. The summed E-state index contributed by atoms with van der Waals surface area (Å²) in [6.07, 6.45) is 19.5. The van der Waals surface area contributed by atoms with Gasteiger partial charge in [-0.1, -0.05) is 97.3 Å². The van der Waals surface area contributed by atoms with Gasteiger partial charge in [-0.2, -0.15) is 0 Å². The van der Waals surface area contributed by atoms with Crippen LogP contribution in [0.4, 0.5) is 0 Å². The van der Waals surface area contributed by atoms with Crippen LogP contribution in [0.15, 0.2) is 0 Å². The molecule has 3 aliphatic rings. The first-order valence-electron chi connectivity index (χ1n) is 18.9. The number of fused-ring (bicyclic) bond motifs is 1. The maximum absolute atomic E-state index is 13.6. The van der Waals surface area contributed by atoms with Crippen molar-refractivity contribution >= 4 is 35.2 Å². The van der Waals surface area contributed by atoms with Crippen molar-refractivity contribution in [3.05, 3.63) is 0 Å². The van der Waals surface area contributed by atoms with Gasteiger partial charge in [-0.15, -0.1) is 23.4 Å². The van der Waals surface area contributed by atoms with Gasteiger partial charge in [0, 0.05) is 13.0 Å². The molecule has 0 aromatic rings. The zero-order valence-electron chi connectivity index (χ0n) is 30.6. The molecular formula is C37H67ClN2O6S. The van der Waals surface area contributed by atoms with Crippen molar-refractivity contribution in [1.29, 1.82) is 0 Å². The number of esters is 1. The summed E-state index contributed by atoms with van der Waals surface area (Å²) in [5, 5.41) is 2.82. The lowest BCUT2D eigenvalue weighted by Crippen LogP contribution is -2.65. The molecule has 274 valence electrons. The number of amides is 1. The Balaban J connectivity index is 1.50. The number of likely N-dealkylation sites (N-methyl/N-ethyl adjacent to an activating group) is 1. The number of nitrogens with zero attached hydrogens (tertiary/aromatic N) is 1. The largest absolute Gasteiger partial charge is 0.456 e. The number of carbonyl (C=O) groups is 2. The van der Waals surface area contributed by atoms with Crippen molar-refractivity contribution in [2.75, 3.05) is 19.8 Å². The lowest BCUT2D eigenvalue weighted by atomic mass is 9.92. The number of ether oxygens (including phenoxy) is 4. The van der Waals surface area contributed by atoms with Gasteiger partial charge in [0.05, 0.1) is 17.5 Å². The molecule has 1 N–H and O–H groups in total. The molecule has 9 atom stereocenters. The number of nitrogens with one attached hydrogen (secondary N) is 1. The summed E-state index contributed by atoms with van der Waals surface area (Å²) < 4.78 is 25.5. The summed E-state index contributed by atoms with van der Waals surface area (Å²) in [7, 11) is 2.02. The Kier molecular flexibility index (Phi) is 18.2. The Labute approximate surface area is 295 Å². The maximum atomic E-state index is 13.6. The predicted octanol–water partition coefficient (Wildman–Crippen LogP) is 8.22. The number of rotatable bonds is 22. The molecule has 3 heterocycles. The standard InChI is InChI=1S/C37H67ClN2O6S/c1-8-10-11-12-13-14-15-16-17-18-19-20-21-23-29(41)43-34-33-32(45-37(4,5)46-33)31(44-36(34)47-7)30(26(3)38)39-35(42)28-24-27(22-9-2)25-40(28)6/h26-28,30-34,36H,8-25H2,1-7H3,(H,39,42)/t26-,27+,28+,30+,31+,32-,33-,34+,36+/m0/s1. The molecule has 0 radical (unpaired) electrons. The van der Waals surface area contributed by atoms with E-state index in [1.54, 1.807) is 0 Å². The second-order valence-corrected chi connectivity index (χ2v) is 16.4. The van der Waals surface area contributed by atoms with Gasteiger partial charge in [0.1, 0.15) is 23.7 Å². The van der Waals surface area contributed by atoms with Crippen LogP contribution in [0.3, 0.4) is 0 Å². The lowest BCUT2D eigenvalue weighted by molar-refractivity contribution is -0.193. The molecule has 0 aromatic heterocycles. The molecule has 3 fully saturated rings. The Hall–Kier alpha value is -0.580. The average molecular weight is 703 g/mol. The van der Waals surface area contributed by atoms with Crippen LogP contribution >= 0.6 is 23.4 Å². The molecule has 3 rings (SSSR count). The van der Waals surface area contributed by atoms with Crippen LogP contribution in [0, 0.1) is 5.92 Å². The van der Waals surface area contributed by atoms with Gasteiger partial charge < -0.3 is 24.3 Å². The number of thioether (sulfide) groups is 1. The molecule has 10 heteroatoms. The zero-order valence-corrected chi connectivity index (χ0v) is 32.2. The Morgan fingerprint density at radius 1 is 0.936 bits per heavy atom. The monoisotopic (exact) mass is 702 g/mol.